The summed E-state index contributed by atoms with van der Waals surface area (Å²) in [4.78, 5) is 16.1. The van der Waals surface area contributed by atoms with E-state index in [1.54, 1.807) is 26.1 Å². The lowest BCUT2D eigenvalue weighted by Crippen LogP contribution is -2.35. The Bertz CT molecular complexity index is 379. The number of ether oxygens (including phenoxy) is 1. The predicted molar refractivity (Wildman–Crippen MR) is 64.8 cm³/mol. The van der Waals surface area contributed by atoms with Crippen molar-refractivity contribution < 1.29 is 14.6 Å². The minimum atomic E-state index is -0.726. The maximum atomic E-state index is 11.2. The number of hydrogen-bond donors (Lipinski definition) is 2. The van der Waals surface area contributed by atoms with Crippen LogP contribution in [0, 0.1) is 0 Å². The Hall–Kier alpha value is -1.33. The summed E-state index contributed by atoms with van der Waals surface area (Å²) in [5, 5.41) is 9.67. The van der Waals surface area contributed by atoms with Crippen LogP contribution in [-0.2, 0) is 11.3 Å². The Kier molecular flexibility index (Phi) is 4.31. The fourth-order valence-corrected chi connectivity index (χ4v) is 1.79. The van der Waals surface area contributed by atoms with E-state index in [1.807, 2.05) is 11.9 Å². The first kappa shape index (κ1) is 13.7. The Morgan fingerprint density at radius 3 is 2.76 bits per heavy atom. The highest BCUT2D eigenvalue weighted by atomic mass is 16.5. The molecule has 0 saturated carbocycles. The maximum absolute atomic E-state index is 11.2. The second kappa shape index (κ2) is 5.33. The van der Waals surface area contributed by atoms with Crippen LogP contribution < -0.4 is 0 Å². The van der Waals surface area contributed by atoms with Crippen molar-refractivity contribution in [1.29, 1.82) is 0 Å². The smallest absolute Gasteiger partial charge is 0.354 e. The molecule has 0 amide bonds. The van der Waals surface area contributed by atoms with Crippen LogP contribution in [0.5, 0.6) is 0 Å². The van der Waals surface area contributed by atoms with Crippen LogP contribution in [-0.4, -0.2) is 47.3 Å². The maximum Gasteiger partial charge on any atom is 0.354 e. The Labute approximate surface area is 101 Å². The fourth-order valence-electron chi connectivity index (χ4n) is 1.79. The monoisotopic (exact) mass is 240 g/mol. The van der Waals surface area contributed by atoms with Gasteiger partial charge in [0.05, 0.1) is 12.7 Å². The van der Waals surface area contributed by atoms with Gasteiger partial charge in [0.25, 0.3) is 0 Å². The van der Waals surface area contributed by atoms with Crippen molar-refractivity contribution in [2.45, 2.75) is 26.0 Å². The predicted octanol–water partition coefficient (Wildman–Crippen LogP) is 1.00. The molecule has 0 spiro atoms. The molecule has 5 heteroatoms. The van der Waals surface area contributed by atoms with E-state index >= 15 is 0 Å². The number of aromatic nitrogens is 1. The second-order valence-electron chi connectivity index (χ2n) is 4.90. The van der Waals surface area contributed by atoms with E-state index in [9.17, 15) is 9.90 Å². The number of methoxy groups -OCH3 is 1. The quantitative estimate of drug-likeness (QED) is 0.754. The number of carbonyl (C=O) groups is 1. The summed E-state index contributed by atoms with van der Waals surface area (Å²) in [6.45, 7) is 4.75. The molecule has 1 aromatic heterocycles. The summed E-state index contributed by atoms with van der Waals surface area (Å²) in [6, 6.07) is 1.76. The SMILES string of the molecule is COC(=O)c1cc(CN(C)CC(C)(C)O)c[nH]1. The van der Waals surface area contributed by atoms with Gasteiger partial charge < -0.3 is 14.8 Å². The topological polar surface area (TPSA) is 65.6 Å². The van der Waals surface area contributed by atoms with Crippen LogP contribution in [0.3, 0.4) is 0 Å². The number of hydrogen-bond acceptors (Lipinski definition) is 4. The lowest BCUT2D eigenvalue weighted by Gasteiger charge is -2.24. The molecule has 0 aliphatic heterocycles. The van der Waals surface area contributed by atoms with Gasteiger partial charge in [0.2, 0.25) is 0 Å². The molecule has 1 heterocycles. The minimum absolute atomic E-state index is 0.374. The van der Waals surface area contributed by atoms with E-state index in [0.29, 0.717) is 18.8 Å². The van der Waals surface area contributed by atoms with Gasteiger partial charge in [-0.2, -0.15) is 0 Å². The zero-order valence-electron chi connectivity index (χ0n) is 10.8. The molecule has 0 aliphatic carbocycles. The molecular formula is C12H20N2O3. The average molecular weight is 240 g/mol. The van der Waals surface area contributed by atoms with Crippen LogP contribution in [0.2, 0.25) is 0 Å². The van der Waals surface area contributed by atoms with Crippen LogP contribution >= 0.6 is 0 Å². The minimum Gasteiger partial charge on any atom is -0.464 e. The molecule has 0 aromatic carbocycles. The van der Waals surface area contributed by atoms with E-state index in [0.717, 1.165) is 5.56 Å². The highest BCUT2D eigenvalue weighted by Gasteiger charge is 2.16. The number of nitrogens with one attached hydrogen (secondary N) is 1. The molecule has 0 saturated heterocycles. The van der Waals surface area contributed by atoms with Crippen molar-refractivity contribution in [2.24, 2.45) is 0 Å². The molecule has 17 heavy (non-hydrogen) atoms. The van der Waals surface area contributed by atoms with Crippen LogP contribution in [0.25, 0.3) is 0 Å². The number of H-pyrrole nitrogens is 1. The standard InChI is InChI=1S/C12H20N2O3/c1-12(2,16)8-14(3)7-9-5-10(13-6-9)11(15)17-4/h5-6,13,16H,7-8H2,1-4H3. The van der Waals surface area contributed by atoms with Gasteiger partial charge in [-0.05, 0) is 32.5 Å². The molecule has 0 radical (unpaired) electrons. The van der Waals surface area contributed by atoms with Gasteiger partial charge in [-0.15, -0.1) is 0 Å². The molecular weight excluding hydrogens is 220 g/mol. The lowest BCUT2D eigenvalue weighted by molar-refractivity contribution is 0.0424. The van der Waals surface area contributed by atoms with Crippen molar-refractivity contribution in [3.8, 4) is 0 Å². The highest BCUT2D eigenvalue weighted by Crippen LogP contribution is 2.10. The number of esters is 1. The number of carbonyl (C=O) groups excluding carboxylic acids is 1. The van der Waals surface area contributed by atoms with Gasteiger partial charge in [0, 0.05) is 19.3 Å². The number of rotatable bonds is 5. The first-order chi connectivity index (χ1) is 7.81. The molecule has 0 bridgehead atoms. The van der Waals surface area contributed by atoms with Gasteiger partial charge >= 0.3 is 5.97 Å². The highest BCUT2D eigenvalue weighted by molar-refractivity contribution is 5.87. The van der Waals surface area contributed by atoms with Gasteiger partial charge in [-0.3, -0.25) is 4.90 Å². The molecule has 1 rings (SSSR count). The molecule has 5 nitrogen and oxygen atoms in total. The second-order valence-corrected chi connectivity index (χ2v) is 4.90. The van der Waals surface area contributed by atoms with Crippen LogP contribution in [0.1, 0.15) is 29.9 Å². The largest absolute Gasteiger partial charge is 0.464 e. The number of nitrogens with zero attached hydrogens (tertiary/aromatic N) is 1. The van der Waals surface area contributed by atoms with Crippen molar-refractivity contribution in [2.75, 3.05) is 20.7 Å². The van der Waals surface area contributed by atoms with Crippen LogP contribution in [0.4, 0.5) is 0 Å². The van der Waals surface area contributed by atoms with E-state index in [-0.39, 0.29) is 5.97 Å². The zero-order valence-corrected chi connectivity index (χ0v) is 10.8. The zero-order chi connectivity index (χ0) is 13.1. The van der Waals surface area contributed by atoms with Crippen molar-refractivity contribution >= 4 is 5.97 Å². The van der Waals surface area contributed by atoms with Crippen molar-refractivity contribution in [1.82, 2.24) is 9.88 Å². The Morgan fingerprint density at radius 1 is 1.59 bits per heavy atom. The Balaban J connectivity index is 2.57. The Morgan fingerprint density at radius 2 is 2.24 bits per heavy atom. The van der Waals surface area contributed by atoms with E-state index < -0.39 is 5.60 Å². The number of aromatic amines is 1. The summed E-state index contributed by atoms with van der Waals surface area (Å²) in [5.74, 6) is -0.374. The third-order valence-corrected chi connectivity index (χ3v) is 2.26. The summed E-state index contributed by atoms with van der Waals surface area (Å²) in [7, 11) is 3.27. The first-order valence-corrected chi connectivity index (χ1v) is 5.48. The summed E-state index contributed by atoms with van der Waals surface area (Å²) >= 11 is 0. The van der Waals surface area contributed by atoms with Crippen LogP contribution in [0.15, 0.2) is 12.3 Å². The molecule has 0 unspecified atom stereocenters. The molecule has 0 aliphatic rings. The van der Waals surface area contributed by atoms with Gasteiger partial charge in [-0.25, -0.2) is 4.79 Å². The van der Waals surface area contributed by atoms with Crippen molar-refractivity contribution in [3.05, 3.63) is 23.5 Å². The fraction of sp³-hybridized carbons (Fsp3) is 0.583. The first-order valence-electron chi connectivity index (χ1n) is 5.48. The average Bonchev–Trinajstić information content (AvgIpc) is 2.62. The summed E-state index contributed by atoms with van der Waals surface area (Å²) in [6.07, 6.45) is 1.77. The van der Waals surface area contributed by atoms with Gasteiger partial charge in [0.15, 0.2) is 0 Å². The normalized spacial score (nSPS) is 11.9. The van der Waals surface area contributed by atoms with Gasteiger partial charge in [0.1, 0.15) is 5.69 Å². The van der Waals surface area contributed by atoms with E-state index in [1.165, 1.54) is 7.11 Å². The summed E-state index contributed by atoms with van der Waals surface area (Å²) in [5.41, 5.74) is 0.701. The number of aliphatic hydroxyl groups is 1. The third kappa shape index (κ3) is 4.58. The molecule has 1 aromatic rings. The lowest BCUT2D eigenvalue weighted by atomic mass is 10.1. The van der Waals surface area contributed by atoms with E-state index in [2.05, 4.69) is 9.72 Å². The number of likely N-dealkylation sites (N-methyl/N-ethyl adjacent to an activating group) is 1. The third-order valence-electron chi connectivity index (χ3n) is 2.26. The molecule has 2 N–H and O–H groups in total. The van der Waals surface area contributed by atoms with Crippen molar-refractivity contribution in [3.63, 3.8) is 0 Å². The van der Waals surface area contributed by atoms with E-state index in [4.69, 9.17) is 0 Å². The summed E-state index contributed by atoms with van der Waals surface area (Å²) < 4.78 is 4.61. The molecule has 96 valence electrons. The molecule has 0 fully saturated rings. The van der Waals surface area contributed by atoms with Gasteiger partial charge in [-0.1, -0.05) is 0 Å². The molecule has 0 atom stereocenters.